The van der Waals surface area contributed by atoms with Crippen molar-refractivity contribution in [1.82, 2.24) is 9.88 Å². The van der Waals surface area contributed by atoms with Gasteiger partial charge in [0, 0.05) is 30.7 Å². The van der Waals surface area contributed by atoms with Crippen LogP contribution in [0.5, 0.6) is 0 Å². The van der Waals surface area contributed by atoms with Crippen molar-refractivity contribution in [2.45, 2.75) is 32.4 Å². The Hall–Kier alpha value is -1.87. The van der Waals surface area contributed by atoms with Gasteiger partial charge in [0.2, 0.25) is 0 Å². The van der Waals surface area contributed by atoms with Gasteiger partial charge in [-0.25, -0.2) is 0 Å². The fourth-order valence-corrected chi connectivity index (χ4v) is 3.07. The zero-order chi connectivity index (χ0) is 13.9. The molecule has 1 atom stereocenters. The number of likely N-dealkylation sites (tertiary alicyclic amines) is 1. The Morgan fingerprint density at radius 1 is 1.25 bits per heavy atom. The van der Waals surface area contributed by atoms with Crippen LogP contribution in [0.15, 0.2) is 42.7 Å². The molecule has 1 unspecified atom stereocenters. The Morgan fingerprint density at radius 3 is 2.85 bits per heavy atom. The number of aromatic nitrogens is 1. The summed E-state index contributed by atoms with van der Waals surface area (Å²) >= 11 is 0. The second-order valence-corrected chi connectivity index (χ2v) is 5.54. The zero-order valence-electron chi connectivity index (χ0n) is 11.9. The smallest absolute Gasteiger partial charge is 0.0353 e. The maximum absolute atomic E-state index is 6.01. The van der Waals surface area contributed by atoms with Crippen LogP contribution < -0.4 is 5.73 Å². The van der Waals surface area contributed by atoms with E-state index in [1.165, 1.54) is 29.5 Å². The summed E-state index contributed by atoms with van der Waals surface area (Å²) in [6.07, 6.45) is 6.26. The van der Waals surface area contributed by atoms with Gasteiger partial charge in [-0.15, -0.1) is 0 Å². The molecule has 2 aromatic rings. The lowest BCUT2D eigenvalue weighted by molar-refractivity contribution is 0.248. The van der Waals surface area contributed by atoms with Crippen molar-refractivity contribution in [2.75, 3.05) is 12.3 Å². The SMILES string of the molecule is Cc1c(N)cccc1CN1CCCC1c1ccncc1. The maximum atomic E-state index is 6.01. The van der Waals surface area contributed by atoms with Crippen molar-refractivity contribution < 1.29 is 0 Å². The predicted molar refractivity (Wildman–Crippen MR) is 82.2 cm³/mol. The topological polar surface area (TPSA) is 42.1 Å². The highest BCUT2D eigenvalue weighted by molar-refractivity contribution is 5.49. The predicted octanol–water partition coefficient (Wildman–Crippen LogP) is 3.31. The molecule has 104 valence electrons. The van der Waals surface area contributed by atoms with Crippen LogP contribution in [-0.4, -0.2) is 16.4 Å². The largest absolute Gasteiger partial charge is 0.399 e. The van der Waals surface area contributed by atoms with Crippen LogP contribution >= 0.6 is 0 Å². The van der Waals surface area contributed by atoms with Crippen molar-refractivity contribution in [3.63, 3.8) is 0 Å². The Bertz CT molecular complexity index is 580. The molecule has 0 spiro atoms. The first kappa shape index (κ1) is 13.1. The van der Waals surface area contributed by atoms with Crippen LogP contribution in [0, 0.1) is 6.92 Å². The minimum absolute atomic E-state index is 0.513. The molecule has 0 bridgehead atoms. The monoisotopic (exact) mass is 267 g/mol. The molecule has 0 amide bonds. The second-order valence-electron chi connectivity index (χ2n) is 5.54. The minimum atomic E-state index is 0.513. The van der Waals surface area contributed by atoms with Crippen LogP contribution in [-0.2, 0) is 6.54 Å². The van der Waals surface area contributed by atoms with Crippen molar-refractivity contribution in [1.29, 1.82) is 0 Å². The molecular weight excluding hydrogens is 246 g/mol. The van der Waals surface area contributed by atoms with E-state index in [9.17, 15) is 0 Å². The highest BCUT2D eigenvalue weighted by Crippen LogP contribution is 2.33. The van der Waals surface area contributed by atoms with Crippen LogP contribution in [0.4, 0.5) is 5.69 Å². The van der Waals surface area contributed by atoms with Gasteiger partial charge in [-0.1, -0.05) is 12.1 Å². The van der Waals surface area contributed by atoms with Gasteiger partial charge in [0.05, 0.1) is 0 Å². The van der Waals surface area contributed by atoms with Crippen molar-refractivity contribution in [3.05, 3.63) is 59.4 Å². The third-order valence-corrected chi connectivity index (χ3v) is 4.32. The molecule has 2 heterocycles. The summed E-state index contributed by atoms with van der Waals surface area (Å²) < 4.78 is 0. The number of rotatable bonds is 3. The summed E-state index contributed by atoms with van der Waals surface area (Å²) in [7, 11) is 0. The quantitative estimate of drug-likeness (QED) is 0.868. The molecule has 1 aromatic heterocycles. The first-order valence-corrected chi connectivity index (χ1v) is 7.23. The number of nitrogens with zero attached hydrogens (tertiary/aromatic N) is 2. The third kappa shape index (κ3) is 2.54. The van der Waals surface area contributed by atoms with E-state index in [-0.39, 0.29) is 0 Å². The Balaban J connectivity index is 1.81. The van der Waals surface area contributed by atoms with Crippen LogP contribution in [0.2, 0.25) is 0 Å². The molecule has 1 aromatic carbocycles. The van der Waals surface area contributed by atoms with Crippen LogP contribution in [0.25, 0.3) is 0 Å². The minimum Gasteiger partial charge on any atom is -0.399 e. The fraction of sp³-hybridized carbons (Fsp3) is 0.353. The summed E-state index contributed by atoms with van der Waals surface area (Å²) in [4.78, 5) is 6.67. The van der Waals surface area contributed by atoms with E-state index in [0.29, 0.717) is 6.04 Å². The molecule has 1 aliphatic heterocycles. The molecule has 20 heavy (non-hydrogen) atoms. The lowest BCUT2D eigenvalue weighted by Gasteiger charge is -2.25. The van der Waals surface area contributed by atoms with Gasteiger partial charge in [0.1, 0.15) is 0 Å². The van der Waals surface area contributed by atoms with E-state index in [1.54, 1.807) is 0 Å². The van der Waals surface area contributed by atoms with Gasteiger partial charge in [-0.05, 0) is 61.2 Å². The number of hydrogen-bond donors (Lipinski definition) is 1. The van der Waals surface area contributed by atoms with Crippen molar-refractivity contribution in [3.8, 4) is 0 Å². The number of pyridine rings is 1. The normalized spacial score (nSPS) is 19.4. The number of anilines is 1. The summed E-state index contributed by atoms with van der Waals surface area (Å²) in [6, 6.07) is 11.0. The van der Waals surface area contributed by atoms with E-state index in [2.05, 4.69) is 41.1 Å². The molecule has 1 saturated heterocycles. The fourth-order valence-electron chi connectivity index (χ4n) is 3.07. The average Bonchev–Trinajstić information content (AvgIpc) is 2.93. The molecular formula is C17H21N3. The standard InChI is InChI=1S/C17H21N3/c1-13-15(4-2-5-16(13)18)12-20-11-3-6-17(20)14-7-9-19-10-8-14/h2,4-5,7-10,17H,3,6,11-12,18H2,1H3. The number of nitrogens with two attached hydrogens (primary N) is 1. The molecule has 3 heteroatoms. The highest BCUT2D eigenvalue weighted by Gasteiger charge is 2.26. The zero-order valence-corrected chi connectivity index (χ0v) is 11.9. The number of nitrogen functional groups attached to an aromatic ring is 1. The lowest BCUT2D eigenvalue weighted by Crippen LogP contribution is -2.23. The first-order valence-electron chi connectivity index (χ1n) is 7.23. The summed E-state index contributed by atoms with van der Waals surface area (Å²) in [5.74, 6) is 0. The Morgan fingerprint density at radius 2 is 2.05 bits per heavy atom. The highest BCUT2D eigenvalue weighted by atomic mass is 15.2. The lowest BCUT2D eigenvalue weighted by atomic mass is 10.0. The van der Waals surface area contributed by atoms with Crippen molar-refractivity contribution in [2.24, 2.45) is 0 Å². The Labute approximate surface area is 120 Å². The van der Waals surface area contributed by atoms with Gasteiger partial charge in [0.15, 0.2) is 0 Å². The van der Waals surface area contributed by atoms with E-state index < -0.39 is 0 Å². The van der Waals surface area contributed by atoms with Crippen molar-refractivity contribution >= 4 is 5.69 Å². The molecule has 2 N–H and O–H groups in total. The summed E-state index contributed by atoms with van der Waals surface area (Å²) in [5, 5.41) is 0. The first-order chi connectivity index (χ1) is 9.75. The average molecular weight is 267 g/mol. The van der Waals surface area contributed by atoms with Gasteiger partial charge in [-0.3, -0.25) is 9.88 Å². The van der Waals surface area contributed by atoms with Gasteiger partial charge in [-0.2, -0.15) is 0 Å². The van der Waals surface area contributed by atoms with Crippen LogP contribution in [0.3, 0.4) is 0 Å². The van der Waals surface area contributed by atoms with E-state index in [1.807, 2.05) is 18.5 Å². The van der Waals surface area contributed by atoms with E-state index >= 15 is 0 Å². The van der Waals surface area contributed by atoms with E-state index in [4.69, 9.17) is 5.73 Å². The van der Waals surface area contributed by atoms with Crippen LogP contribution in [0.1, 0.15) is 35.6 Å². The second kappa shape index (κ2) is 5.63. The van der Waals surface area contributed by atoms with Gasteiger partial charge < -0.3 is 5.73 Å². The van der Waals surface area contributed by atoms with E-state index in [0.717, 1.165) is 18.8 Å². The number of hydrogen-bond acceptors (Lipinski definition) is 3. The maximum Gasteiger partial charge on any atom is 0.0353 e. The molecule has 1 fully saturated rings. The molecule has 0 radical (unpaired) electrons. The molecule has 3 rings (SSSR count). The Kier molecular flexibility index (Phi) is 3.70. The third-order valence-electron chi connectivity index (χ3n) is 4.32. The van der Waals surface area contributed by atoms with Gasteiger partial charge >= 0.3 is 0 Å². The molecule has 0 aliphatic carbocycles. The summed E-state index contributed by atoms with van der Waals surface area (Å²) in [6.45, 7) is 4.24. The molecule has 0 saturated carbocycles. The molecule has 1 aliphatic rings. The molecule has 3 nitrogen and oxygen atoms in total. The number of benzene rings is 1. The van der Waals surface area contributed by atoms with Gasteiger partial charge in [0.25, 0.3) is 0 Å². The summed E-state index contributed by atoms with van der Waals surface area (Å²) in [5.41, 5.74) is 10.8.